The Morgan fingerprint density at radius 2 is 1.76 bits per heavy atom. The molecule has 0 amide bonds. The molecule has 2 N–H and O–H groups in total. The van der Waals surface area contributed by atoms with Crippen LogP contribution in [-0.2, 0) is 15.0 Å². The van der Waals surface area contributed by atoms with Gasteiger partial charge in [-0.1, -0.05) is 24.3 Å². The van der Waals surface area contributed by atoms with Gasteiger partial charge in [0.05, 0.1) is 17.9 Å². The van der Waals surface area contributed by atoms with E-state index in [2.05, 4.69) is 0 Å². The van der Waals surface area contributed by atoms with Crippen LogP contribution in [0.1, 0.15) is 25.3 Å². The van der Waals surface area contributed by atoms with E-state index in [4.69, 9.17) is 4.74 Å². The number of carboxylic acid groups (broad SMARTS) is 2. The highest BCUT2D eigenvalue weighted by Crippen LogP contribution is 2.45. The van der Waals surface area contributed by atoms with E-state index < -0.39 is 22.8 Å². The Bertz CT molecular complexity index is 589. The molecule has 2 unspecified atom stereocenters. The summed E-state index contributed by atoms with van der Waals surface area (Å²) in [5.74, 6) is -1.39. The van der Waals surface area contributed by atoms with Crippen molar-refractivity contribution in [2.45, 2.75) is 25.2 Å². The second-order valence-corrected chi connectivity index (χ2v) is 5.62. The molecule has 0 fully saturated rings. The van der Waals surface area contributed by atoms with Gasteiger partial charge < -0.3 is 14.9 Å². The molecule has 5 heteroatoms. The average molecular weight is 290 g/mol. The fraction of sp³-hybridized carbons (Fsp3) is 0.375. The monoisotopic (exact) mass is 290 g/mol. The van der Waals surface area contributed by atoms with Crippen molar-refractivity contribution in [2.75, 3.05) is 7.11 Å². The molecule has 1 aromatic rings. The van der Waals surface area contributed by atoms with Crippen LogP contribution in [-0.4, -0.2) is 29.3 Å². The zero-order chi connectivity index (χ0) is 15.7. The highest BCUT2D eigenvalue weighted by atomic mass is 16.5. The quantitative estimate of drug-likeness (QED) is 0.832. The van der Waals surface area contributed by atoms with Gasteiger partial charge in [0, 0.05) is 0 Å². The summed E-state index contributed by atoms with van der Waals surface area (Å²) in [4.78, 5) is 23.3. The van der Waals surface area contributed by atoms with E-state index in [0.717, 1.165) is 0 Å². The number of rotatable bonds is 4. The fourth-order valence-electron chi connectivity index (χ4n) is 2.84. The number of carbonyl (C=O) groups is 2. The Kier molecular flexibility index (Phi) is 3.77. The van der Waals surface area contributed by atoms with Crippen molar-refractivity contribution in [1.82, 2.24) is 0 Å². The average Bonchev–Trinajstić information content (AvgIpc) is 2.47. The summed E-state index contributed by atoms with van der Waals surface area (Å²) >= 11 is 0. The fourth-order valence-corrected chi connectivity index (χ4v) is 2.84. The van der Waals surface area contributed by atoms with Crippen molar-refractivity contribution in [3.05, 3.63) is 42.0 Å². The molecule has 0 aliphatic heterocycles. The molecule has 21 heavy (non-hydrogen) atoms. The Morgan fingerprint density at radius 1 is 1.14 bits per heavy atom. The molecule has 0 aromatic heterocycles. The Hall–Kier alpha value is -2.30. The van der Waals surface area contributed by atoms with Crippen LogP contribution < -0.4 is 4.74 Å². The van der Waals surface area contributed by atoms with E-state index >= 15 is 0 Å². The lowest BCUT2D eigenvalue weighted by Crippen LogP contribution is -2.44. The highest BCUT2D eigenvalue weighted by Gasteiger charge is 2.49. The van der Waals surface area contributed by atoms with Crippen LogP contribution in [0.25, 0.3) is 0 Å². The maximum atomic E-state index is 11.9. The van der Waals surface area contributed by atoms with Crippen molar-refractivity contribution in [1.29, 1.82) is 0 Å². The SMILES string of the molecule is COc1ccc(C2(C(=O)O)CC=CC(C)(C(=O)O)C2)cc1. The van der Waals surface area contributed by atoms with Gasteiger partial charge in [-0.15, -0.1) is 0 Å². The first-order valence-corrected chi connectivity index (χ1v) is 6.63. The van der Waals surface area contributed by atoms with Crippen molar-refractivity contribution >= 4 is 11.9 Å². The largest absolute Gasteiger partial charge is 0.497 e. The van der Waals surface area contributed by atoms with Crippen molar-refractivity contribution in [3.63, 3.8) is 0 Å². The number of aliphatic carboxylic acids is 2. The minimum Gasteiger partial charge on any atom is -0.497 e. The summed E-state index contributed by atoms with van der Waals surface area (Å²) in [5, 5.41) is 19.1. The van der Waals surface area contributed by atoms with Crippen molar-refractivity contribution in [3.8, 4) is 5.75 Å². The van der Waals surface area contributed by atoms with Crippen LogP contribution >= 0.6 is 0 Å². The lowest BCUT2D eigenvalue weighted by molar-refractivity contribution is -0.151. The zero-order valence-corrected chi connectivity index (χ0v) is 12.0. The molecule has 0 spiro atoms. The standard InChI is InChI=1S/C16H18O5/c1-15(13(17)18)8-3-9-16(10-15,14(19)20)11-4-6-12(21-2)7-5-11/h3-8H,9-10H2,1-2H3,(H,17,18)(H,19,20). The molecule has 0 saturated carbocycles. The first-order chi connectivity index (χ1) is 9.84. The summed E-state index contributed by atoms with van der Waals surface area (Å²) in [6.07, 6.45) is 3.53. The minimum absolute atomic E-state index is 0.0213. The molecular weight excluding hydrogens is 272 g/mol. The lowest BCUT2D eigenvalue weighted by atomic mass is 9.63. The number of ether oxygens (including phenoxy) is 1. The normalized spacial score (nSPS) is 28.1. The summed E-state index contributed by atoms with van der Waals surface area (Å²) in [6, 6.07) is 6.76. The maximum Gasteiger partial charge on any atom is 0.314 e. The molecule has 1 aliphatic rings. The van der Waals surface area contributed by atoms with Gasteiger partial charge >= 0.3 is 11.9 Å². The number of carboxylic acids is 2. The Labute approximate surface area is 122 Å². The van der Waals surface area contributed by atoms with E-state index in [1.54, 1.807) is 43.3 Å². The van der Waals surface area contributed by atoms with Gasteiger partial charge in [-0.2, -0.15) is 0 Å². The summed E-state index contributed by atoms with van der Waals surface area (Å²) < 4.78 is 5.07. The van der Waals surface area contributed by atoms with Crippen LogP contribution in [0.15, 0.2) is 36.4 Å². The number of allylic oxidation sites excluding steroid dienone is 1. The molecule has 0 bridgehead atoms. The summed E-state index contributed by atoms with van der Waals surface area (Å²) in [5.41, 5.74) is -1.82. The third-order valence-corrected chi connectivity index (χ3v) is 4.16. The minimum atomic E-state index is -1.23. The molecular formula is C16H18O5. The smallest absolute Gasteiger partial charge is 0.314 e. The first kappa shape index (κ1) is 15.1. The lowest BCUT2D eigenvalue weighted by Gasteiger charge is -2.38. The van der Waals surface area contributed by atoms with Crippen LogP contribution in [0.3, 0.4) is 0 Å². The topological polar surface area (TPSA) is 83.8 Å². The third kappa shape index (κ3) is 2.51. The molecule has 1 aromatic carbocycles. The van der Waals surface area contributed by atoms with E-state index in [-0.39, 0.29) is 12.8 Å². The molecule has 1 aliphatic carbocycles. The van der Waals surface area contributed by atoms with E-state index in [9.17, 15) is 19.8 Å². The maximum absolute atomic E-state index is 11.9. The van der Waals surface area contributed by atoms with Gasteiger partial charge in [0.1, 0.15) is 5.75 Å². The Morgan fingerprint density at radius 3 is 2.24 bits per heavy atom. The molecule has 0 radical (unpaired) electrons. The molecule has 112 valence electrons. The van der Waals surface area contributed by atoms with Crippen LogP contribution in [0.5, 0.6) is 5.75 Å². The summed E-state index contributed by atoms with van der Waals surface area (Å²) in [6.45, 7) is 1.55. The number of hydrogen-bond donors (Lipinski definition) is 2. The molecule has 0 heterocycles. The van der Waals surface area contributed by atoms with Crippen LogP contribution in [0, 0.1) is 5.41 Å². The van der Waals surface area contributed by atoms with Gasteiger partial charge in [0.2, 0.25) is 0 Å². The van der Waals surface area contributed by atoms with Gasteiger partial charge in [-0.05, 0) is 37.5 Å². The molecule has 2 atom stereocenters. The van der Waals surface area contributed by atoms with Gasteiger partial charge in [-0.3, -0.25) is 9.59 Å². The van der Waals surface area contributed by atoms with E-state index in [1.807, 2.05) is 0 Å². The first-order valence-electron chi connectivity index (χ1n) is 6.63. The van der Waals surface area contributed by atoms with Crippen LogP contribution in [0.4, 0.5) is 0 Å². The highest BCUT2D eigenvalue weighted by molar-refractivity contribution is 5.85. The van der Waals surface area contributed by atoms with Gasteiger partial charge in [-0.25, -0.2) is 0 Å². The Balaban J connectivity index is 2.49. The van der Waals surface area contributed by atoms with E-state index in [1.165, 1.54) is 7.11 Å². The number of hydrogen-bond acceptors (Lipinski definition) is 3. The number of methoxy groups -OCH3 is 1. The van der Waals surface area contributed by atoms with E-state index in [0.29, 0.717) is 11.3 Å². The molecule has 5 nitrogen and oxygen atoms in total. The predicted molar refractivity (Wildman–Crippen MR) is 76.4 cm³/mol. The van der Waals surface area contributed by atoms with Crippen molar-refractivity contribution in [2.24, 2.45) is 5.41 Å². The predicted octanol–water partition coefficient (Wildman–Crippen LogP) is 2.46. The second-order valence-electron chi connectivity index (χ2n) is 5.62. The third-order valence-electron chi connectivity index (χ3n) is 4.16. The van der Waals surface area contributed by atoms with Gasteiger partial charge in [0.15, 0.2) is 0 Å². The van der Waals surface area contributed by atoms with Crippen molar-refractivity contribution < 1.29 is 24.5 Å². The van der Waals surface area contributed by atoms with Gasteiger partial charge in [0.25, 0.3) is 0 Å². The molecule has 0 saturated heterocycles. The number of benzene rings is 1. The molecule has 2 rings (SSSR count). The second kappa shape index (κ2) is 5.24. The summed E-state index contributed by atoms with van der Waals surface area (Å²) in [7, 11) is 1.53. The van der Waals surface area contributed by atoms with Crippen LogP contribution in [0.2, 0.25) is 0 Å². The zero-order valence-electron chi connectivity index (χ0n) is 12.0.